The summed E-state index contributed by atoms with van der Waals surface area (Å²) in [5.41, 5.74) is 11.6. The van der Waals surface area contributed by atoms with Gasteiger partial charge in [0, 0.05) is 57.9 Å². The van der Waals surface area contributed by atoms with Gasteiger partial charge in [0.05, 0.1) is 24.1 Å². The lowest BCUT2D eigenvalue weighted by Gasteiger charge is -2.22. The summed E-state index contributed by atoms with van der Waals surface area (Å²) in [7, 11) is 0. The van der Waals surface area contributed by atoms with E-state index >= 15 is 0 Å². The summed E-state index contributed by atoms with van der Waals surface area (Å²) in [6.45, 7) is 2.01. The highest BCUT2D eigenvalue weighted by Gasteiger charge is 2.23. The summed E-state index contributed by atoms with van der Waals surface area (Å²) in [5.74, 6) is -1.44. The van der Waals surface area contributed by atoms with E-state index in [-0.39, 0.29) is 5.69 Å². The van der Waals surface area contributed by atoms with E-state index in [9.17, 15) is 8.78 Å². The Bertz CT molecular complexity index is 1490. The summed E-state index contributed by atoms with van der Waals surface area (Å²) < 4.78 is 33.6. The second-order valence-corrected chi connectivity index (χ2v) is 11.0. The molecule has 7 nitrogen and oxygen atoms in total. The van der Waals surface area contributed by atoms with E-state index in [0.717, 1.165) is 60.6 Å². The summed E-state index contributed by atoms with van der Waals surface area (Å²) in [6, 6.07) is 10.7. The highest BCUT2D eigenvalue weighted by molar-refractivity contribution is 8.01. The van der Waals surface area contributed by atoms with Crippen molar-refractivity contribution < 1.29 is 8.78 Å². The third-order valence-corrected chi connectivity index (χ3v) is 8.18. The minimum absolute atomic E-state index is 0.0724. The van der Waals surface area contributed by atoms with Gasteiger partial charge in [-0.2, -0.15) is 5.10 Å². The molecule has 4 aromatic rings. The summed E-state index contributed by atoms with van der Waals surface area (Å²) >= 11 is 1.64. The molecule has 1 aliphatic heterocycles. The third-order valence-electron chi connectivity index (χ3n) is 7.02. The smallest absolute Gasteiger partial charge is 0.152 e. The molecule has 0 radical (unpaired) electrons. The molecular formula is C29H29F2N7S. The van der Waals surface area contributed by atoms with Crippen LogP contribution in [-0.4, -0.2) is 38.1 Å². The van der Waals surface area contributed by atoms with E-state index in [0.29, 0.717) is 28.1 Å². The Morgan fingerprint density at radius 2 is 1.82 bits per heavy atom. The zero-order valence-electron chi connectivity index (χ0n) is 21.3. The SMILES string of the molecule is NC=C(c1cc(NSC2CC2)cc(-c2ncc(F)cc2F)c1)c1ccc(-c2cnn(C3CCNCC3)c2)cn1. The number of halogens is 2. The Morgan fingerprint density at radius 1 is 0.974 bits per heavy atom. The molecule has 6 rings (SSSR count). The molecule has 4 heterocycles. The van der Waals surface area contributed by atoms with Gasteiger partial charge in [0.25, 0.3) is 0 Å². The summed E-state index contributed by atoms with van der Waals surface area (Å²) in [6.07, 6.45) is 12.8. The second-order valence-electron chi connectivity index (χ2n) is 9.90. The molecule has 39 heavy (non-hydrogen) atoms. The van der Waals surface area contributed by atoms with Crippen molar-refractivity contribution in [3.63, 3.8) is 0 Å². The number of piperidine rings is 1. The molecule has 1 saturated carbocycles. The predicted octanol–water partition coefficient (Wildman–Crippen LogP) is 5.78. The number of nitrogens with one attached hydrogen (secondary N) is 2. The molecule has 10 heteroatoms. The van der Waals surface area contributed by atoms with Crippen LogP contribution in [0.2, 0.25) is 0 Å². The number of nitrogens with zero attached hydrogens (tertiary/aromatic N) is 4. The molecule has 0 spiro atoms. The molecule has 2 aliphatic rings. The fourth-order valence-electron chi connectivity index (χ4n) is 4.75. The molecule has 0 atom stereocenters. The highest BCUT2D eigenvalue weighted by atomic mass is 32.2. The van der Waals surface area contributed by atoms with Gasteiger partial charge in [-0.05, 0) is 80.5 Å². The Hall–Kier alpha value is -3.76. The Labute approximate surface area is 230 Å². The van der Waals surface area contributed by atoms with Crippen molar-refractivity contribution in [3.8, 4) is 22.4 Å². The van der Waals surface area contributed by atoms with E-state index in [1.165, 1.54) is 19.0 Å². The van der Waals surface area contributed by atoms with Crippen LogP contribution in [0.5, 0.6) is 0 Å². The first-order valence-corrected chi connectivity index (χ1v) is 14.0. The Kier molecular flexibility index (Phi) is 7.30. The van der Waals surface area contributed by atoms with E-state index in [4.69, 9.17) is 10.7 Å². The maximum Gasteiger partial charge on any atom is 0.152 e. The number of hydrogen-bond acceptors (Lipinski definition) is 7. The highest BCUT2D eigenvalue weighted by Crippen LogP contribution is 2.37. The minimum Gasteiger partial charge on any atom is -0.404 e. The number of pyridine rings is 2. The Balaban J connectivity index is 1.29. The molecule has 1 saturated heterocycles. The standard InChI is InChI=1S/C29H29F2N7S/c30-22-12-27(31)29(35-16-22)20-9-19(10-23(11-20)37-39-25-2-3-25)26(13-32)28-4-1-18(14-34-28)21-15-36-38(17-21)24-5-7-33-8-6-24/h1,4,9-17,24-25,33,37H,2-3,5-8,32H2. The van der Waals surface area contributed by atoms with Crippen molar-refractivity contribution >= 4 is 23.2 Å². The van der Waals surface area contributed by atoms with Crippen LogP contribution < -0.4 is 15.8 Å². The van der Waals surface area contributed by atoms with Gasteiger partial charge in [0.1, 0.15) is 11.5 Å². The number of rotatable bonds is 8. The van der Waals surface area contributed by atoms with Gasteiger partial charge in [-0.1, -0.05) is 6.07 Å². The van der Waals surface area contributed by atoms with Crippen LogP contribution in [0.1, 0.15) is 43.0 Å². The summed E-state index contributed by atoms with van der Waals surface area (Å²) in [5, 5.41) is 8.54. The van der Waals surface area contributed by atoms with Gasteiger partial charge in [-0.15, -0.1) is 0 Å². The van der Waals surface area contributed by atoms with Crippen LogP contribution in [0.3, 0.4) is 0 Å². The Morgan fingerprint density at radius 3 is 2.54 bits per heavy atom. The maximum absolute atomic E-state index is 14.7. The van der Waals surface area contributed by atoms with Gasteiger partial charge >= 0.3 is 0 Å². The van der Waals surface area contributed by atoms with Crippen LogP contribution in [0.15, 0.2) is 67.4 Å². The minimum atomic E-state index is -0.723. The third kappa shape index (κ3) is 5.81. The topological polar surface area (TPSA) is 93.7 Å². The molecule has 3 aromatic heterocycles. The fourth-order valence-corrected chi connectivity index (χ4v) is 5.55. The zero-order valence-corrected chi connectivity index (χ0v) is 22.1. The van der Waals surface area contributed by atoms with E-state index in [1.807, 2.05) is 36.7 Å². The first-order chi connectivity index (χ1) is 19.1. The van der Waals surface area contributed by atoms with Gasteiger partial charge < -0.3 is 15.8 Å². The van der Waals surface area contributed by atoms with Crippen molar-refractivity contribution in [3.05, 3.63) is 90.3 Å². The van der Waals surface area contributed by atoms with Gasteiger partial charge in [-0.25, -0.2) is 8.78 Å². The monoisotopic (exact) mass is 545 g/mol. The molecule has 2 fully saturated rings. The van der Waals surface area contributed by atoms with Gasteiger partial charge in [0.2, 0.25) is 0 Å². The fraction of sp³-hybridized carbons (Fsp3) is 0.276. The van der Waals surface area contributed by atoms with E-state index in [1.54, 1.807) is 18.0 Å². The maximum atomic E-state index is 14.7. The molecule has 0 unspecified atom stereocenters. The number of anilines is 1. The molecular weight excluding hydrogens is 516 g/mol. The molecule has 1 aliphatic carbocycles. The van der Waals surface area contributed by atoms with Crippen molar-refractivity contribution in [1.82, 2.24) is 25.1 Å². The summed E-state index contributed by atoms with van der Waals surface area (Å²) in [4.78, 5) is 8.72. The van der Waals surface area contributed by atoms with E-state index in [2.05, 4.69) is 31.0 Å². The zero-order chi connectivity index (χ0) is 26.8. The first kappa shape index (κ1) is 25.5. The molecule has 1 aromatic carbocycles. The molecule has 200 valence electrons. The quantitative estimate of drug-likeness (QED) is 0.242. The first-order valence-electron chi connectivity index (χ1n) is 13.1. The van der Waals surface area contributed by atoms with Crippen LogP contribution in [0, 0.1) is 11.6 Å². The normalized spacial score (nSPS) is 16.4. The average Bonchev–Trinajstić information content (AvgIpc) is 3.66. The van der Waals surface area contributed by atoms with Crippen molar-refractivity contribution in [2.24, 2.45) is 5.73 Å². The van der Waals surface area contributed by atoms with E-state index < -0.39 is 11.6 Å². The lowest BCUT2D eigenvalue weighted by molar-refractivity contribution is 0.343. The van der Waals surface area contributed by atoms with Crippen molar-refractivity contribution in [1.29, 1.82) is 0 Å². The number of aromatic nitrogens is 4. The average molecular weight is 546 g/mol. The molecule has 4 N–H and O–H groups in total. The van der Waals surface area contributed by atoms with Crippen LogP contribution in [0.4, 0.5) is 14.5 Å². The molecule has 0 amide bonds. The number of nitrogens with two attached hydrogens (primary N) is 1. The number of benzene rings is 1. The number of hydrogen-bond donors (Lipinski definition) is 3. The lowest BCUT2D eigenvalue weighted by atomic mass is 9.98. The van der Waals surface area contributed by atoms with Gasteiger partial charge in [0.15, 0.2) is 5.82 Å². The van der Waals surface area contributed by atoms with Crippen LogP contribution >= 0.6 is 11.9 Å². The predicted molar refractivity (Wildman–Crippen MR) is 152 cm³/mol. The van der Waals surface area contributed by atoms with Gasteiger partial charge in [-0.3, -0.25) is 14.6 Å². The van der Waals surface area contributed by atoms with Crippen LogP contribution in [0.25, 0.3) is 28.0 Å². The lowest BCUT2D eigenvalue weighted by Crippen LogP contribution is -2.29. The van der Waals surface area contributed by atoms with Crippen molar-refractivity contribution in [2.45, 2.75) is 37.0 Å². The van der Waals surface area contributed by atoms with Crippen LogP contribution in [-0.2, 0) is 0 Å². The molecule has 0 bridgehead atoms. The van der Waals surface area contributed by atoms with Crippen molar-refractivity contribution in [2.75, 3.05) is 17.8 Å². The second kappa shape index (κ2) is 11.2. The largest absolute Gasteiger partial charge is 0.404 e.